The third-order valence-electron chi connectivity index (χ3n) is 3.03. The molecule has 0 atom stereocenters. The Hall–Kier alpha value is -0.910. The number of thiazole rings is 1. The second kappa shape index (κ2) is 7.76. The van der Waals surface area contributed by atoms with Crippen molar-refractivity contribution < 1.29 is 4.74 Å². The largest absolute Gasteiger partial charge is 0.492 e. The van der Waals surface area contributed by atoms with Gasteiger partial charge in [-0.15, -0.1) is 11.3 Å². The number of aromatic nitrogens is 1. The Morgan fingerprint density at radius 1 is 1.40 bits per heavy atom. The van der Waals surface area contributed by atoms with Gasteiger partial charge in [0, 0.05) is 23.4 Å². The van der Waals surface area contributed by atoms with Gasteiger partial charge in [0.15, 0.2) is 0 Å². The van der Waals surface area contributed by atoms with Crippen LogP contribution in [0.15, 0.2) is 28.2 Å². The van der Waals surface area contributed by atoms with E-state index in [0.29, 0.717) is 6.61 Å². The first-order valence-electron chi connectivity index (χ1n) is 6.72. The van der Waals surface area contributed by atoms with Crippen LogP contribution < -0.4 is 10.1 Å². The van der Waals surface area contributed by atoms with Crippen LogP contribution >= 0.6 is 27.3 Å². The van der Waals surface area contributed by atoms with E-state index < -0.39 is 0 Å². The quantitative estimate of drug-likeness (QED) is 0.817. The van der Waals surface area contributed by atoms with Gasteiger partial charge in [-0.05, 0) is 35.5 Å². The van der Waals surface area contributed by atoms with Gasteiger partial charge in [-0.25, -0.2) is 4.98 Å². The number of rotatable bonds is 7. The zero-order valence-electron chi connectivity index (χ0n) is 11.8. The summed E-state index contributed by atoms with van der Waals surface area (Å²) >= 11 is 5.26. The van der Waals surface area contributed by atoms with Crippen LogP contribution in [-0.4, -0.2) is 18.1 Å². The fourth-order valence-corrected chi connectivity index (χ4v) is 3.21. The molecule has 0 saturated carbocycles. The molecule has 108 valence electrons. The second-order valence-electron chi connectivity index (χ2n) is 4.47. The minimum Gasteiger partial charge on any atom is -0.492 e. The van der Waals surface area contributed by atoms with Gasteiger partial charge in [0.2, 0.25) is 0 Å². The number of para-hydroxylation sites is 1. The van der Waals surface area contributed by atoms with E-state index in [9.17, 15) is 0 Å². The number of aryl methyl sites for hydroxylation is 1. The van der Waals surface area contributed by atoms with Crippen molar-refractivity contribution in [2.45, 2.75) is 26.8 Å². The lowest BCUT2D eigenvalue weighted by molar-refractivity contribution is 0.316. The highest BCUT2D eigenvalue weighted by molar-refractivity contribution is 9.10. The Balaban J connectivity index is 1.99. The van der Waals surface area contributed by atoms with E-state index in [1.807, 2.05) is 24.6 Å². The summed E-state index contributed by atoms with van der Waals surface area (Å²) in [7, 11) is 0. The molecule has 1 aromatic carbocycles. The van der Waals surface area contributed by atoms with Crippen LogP contribution in [0.2, 0.25) is 0 Å². The van der Waals surface area contributed by atoms with E-state index in [1.54, 1.807) is 11.3 Å². The summed E-state index contributed by atoms with van der Waals surface area (Å²) in [5.74, 6) is 0.940. The number of hydrogen-bond acceptors (Lipinski definition) is 4. The highest BCUT2D eigenvalue weighted by atomic mass is 79.9. The average molecular weight is 355 g/mol. The molecule has 5 heteroatoms. The van der Waals surface area contributed by atoms with Crippen LogP contribution in [0.4, 0.5) is 0 Å². The van der Waals surface area contributed by atoms with Crippen molar-refractivity contribution in [2.75, 3.05) is 13.2 Å². The molecule has 1 aromatic heterocycles. The van der Waals surface area contributed by atoms with E-state index in [-0.39, 0.29) is 0 Å². The third-order valence-corrected chi connectivity index (χ3v) is 4.65. The van der Waals surface area contributed by atoms with E-state index in [2.05, 4.69) is 39.2 Å². The maximum Gasteiger partial charge on any atom is 0.137 e. The summed E-state index contributed by atoms with van der Waals surface area (Å²) in [5, 5.41) is 3.34. The lowest BCUT2D eigenvalue weighted by atomic mass is 10.2. The van der Waals surface area contributed by atoms with Crippen molar-refractivity contribution in [1.29, 1.82) is 0 Å². The molecule has 0 aliphatic heterocycles. The van der Waals surface area contributed by atoms with Crippen molar-refractivity contribution in [3.05, 3.63) is 44.3 Å². The number of nitrogens with one attached hydrogen (secondary N) is 1. The molecule has 0 aliphatic rings. The number of halogens is 1. The summed E-state index contributed by atoms with van der Waals surface area (Å²) in [6, 6.07) is 6.15. The predicted molar refractivity (Wildman–Crippen MR) is 87.6 cm³/mol. The van der Waals surface area contributed by atoms with Crippen LogP contribution in [0.25, 0.3) is 0 Å². The maximum atomic E-state index is 5.99. The van der Waals surface area contributed by atoms with Gasteiger partial charge in [-0.1, -0.05) is 19.1 Å². The first-order chi connectivity index (χ1) is 9.72. The minimum absolute atomic E-state index is 0.671. The summed E-state index contributed by atoms with van der Waals surface area (Å²) in [4.78, 5) is 5.56. The minimum atomic E-state index is 0.671. The van der Waals surface area contributed by atoms with Crippen LogP contribution in [0, 0.1) is 6.92 Å². The Morgan fingerprint density at radius 3 is 2.95 bits per heavy atom. The van der Waals surface area contributed by atoms with Gasteiger partial charge in [0.05, 0.1) is 22.3 Å². The molecular formula is C15H19BrN2OS. The van der Waals surface area contributed by atoms with E-state index in [4.69, 9.17) is 4.74 Å². The Labute approximate surface area is 132 Å². The van der Waals surface area contributed by atoms with Gasteiger partial charge in [0.1, 0.15) is 5.75 Å². The fraction of sp³-hybridized carbons (Fsp3) is 0.400. The first kappa shape index (κ1) is 15.5. The van der Waals surface area contributed by atoms with E-state index >= 15 is 0 Å². The monoisotopic (exact) mass is 354 g/mol. The molecule has 0 aliphatic carbocycles. The van der Waals surface area contributed by atoms with Crippen molar-refractivity contribution in [3.63, 3.8) is 0 Å². The highest BCUT2D eigenvalue weighted by Gasteiger charge is 2.08. The molecule has 0 saturated heterocycles. The number of nitrogens with zero attached hydrogens (tertiary/aromatic N) is 1. The molecule has 0 radical (unpaired) electrons. The summed E-state index contributed by atoms with van der Waals surface area (Å²) in [5.41, 5.74) is 4.18. The Bertz CT molecular complexity index is 557. The zero-order valence-corrected chi connectivity index (χ0v) is 14.2. The second-order valence-corrected chi connectivity index (χ2v) is 6.26. The molecule has 2 aromatic rings. The molecule has 1 heterocycles. The molecule has 0 unspecified atom stereocenters. The molecule has 20 heavy (non-hydrogen) atoms. The third kappa shape index (κ3) is 4.04. The zero-order chi connectivity index (χ0) is 14.4. The molecule has 2 rings (SSSR count). The van der Waals surface area contributed by atoms with Crippen molar-refractivity contribution in [3.8, 4) is 5.75 Å². The molecule has 1 N–H and O–H groups in total. The average Bonchev–Trinajstić information content (AvgIpc) is 2.84. The molecule has 3 nitrogen and oxygen atoms in total. The Kier molecular flexibility index (Phi) is 6.01. The van der Waals surface area contributed by atoms with Crippen LogP contribution in [0.3, 0.4) is 0 Å². The molecule has 0 amide bonds. The smallest absolute Gasteiger partial charge is 0.137 e. The lowest BCUT2D eigenvalue weighted by Crippen LogP contribution is -2.13. The Morgan fingerprint density at radius 2 is 2.25 bits per heavy atom. The van der Waals surface area contributed by atoms with Gasteiger partial charge in [-0.3, -0.25) is 0 Å². The summed E-state index contributed by atoms with van der Waals surface area (Å²) in [6.45, 7) is 6.59. The standard InChI is InChI=1S/C15H19BrN2OS/c1-3-17-9-12-5-4-6-13(16)15(12)19-8-7-14-11(2)18-10-20-14/h4-6,10,17H,3,7-9H2,1-2H3. The van der Waals surface area contributed by atoms with E-state index in [0.717, 1.165) is 35.4 Å². The number of hydrogen-bond donors (Lipinski definition) is 1. The molecule has 0 spiro atoms. The summed E-state index contributed by atoms with van der Waals surface area (Å²) < 4.78 is 6.99. The SMILES string of the molecule is CCNCc1cccc(Br)c1OCCc1scnc1C. The van der Waals surface area contributed by atoms with Crippen LogP contribution in [0.1, 0.15) is 23.1 Å². The van der Waals surface area contributed by atoms with Gasteiger partial charge in [0.25, 0.3) is 0 Å². The molecule has 0 bridgehead atoms. The first-order valence-corrected chi connectivity index (χ1v) is 8.39. The lowest BCUT2D eigenvalue weighted by Gasteiger charge is -2.13. The van der Waals surface area contributed by atoms with Crippen LogP contribution in [0.5, 0.6) is 5.75 Å². The topological polar surface area (TPSA) is 34.1 Å². The number of benzene rings is 1. The van der Waals surface area contributed by atoms with Gasteiger partial charge >= 0.3 is 0 Å². The van der Waals surface area contributed by atoms with Crippen molar-refractivity contribution in [2.24, 2.45) is 0 Å². The predicted octanol–water partition coefficient (Wildman–Crippen LogP) is 3.95. The van der Waals surface area contributed by atoms with Gasteiger partial charge in [-0.2, -0.15) is 0 Å². The van der Waals surface area contributed by atoms with Gasteiger partial charge < -0.3 is 10.1 Å². The maximum absolute atomic E-state index is 5.99. The van der Waals surface area contributed by atoms with Crippen LogP contribution in [-0.2, 0) is 13.0 Å². The van der Waals surface area contributed by atoms with E-state index in [1.165, 1.54) is 10.4 Å². The summed E-state index contributed by atoms with van der Waals surface area (Å²) in [6.07, 6.45) is 0.901. The van der Waals surface area contributed by atoms with Crippen molar-refractivity contribution >= 4 is 27.3 Å². The highest BCUT2D eigenvalue weighted by Crippen LogP contribution is 2.29. The molecule has 0 fully saturated rings. The fourth-order valence-electron chi connectivity index (χ4n) is 1.93. The van der Waals surface area contributed by atoms with Crippen molar-refractivity contribution in [1.82, 2.24) is 10.3 Å². The number of ether oxygens (including phenoxy) is 1. The normalized spacial score (nSPS) is 10.8. The molecular weight excluding hydrogens is 336 g/mol.